The van der Waals surface area contributed by atoms with E-state index in [4.69, 9.17) is 4.74 Å². The van der Waals surface area contributed by atoms with Crippen LogP contribution in [-0.4, -0.2) is 67.7 Å². The second-order valence-electron chi connectivity index (χ2n) is 7.61. The molecule has 2 aliphatic rings. The van der Waals surface area contributed by atoms with Crippen molar-refractivity contribution in [1.82, 2.24) is 15.1 Å². The minimum absolute atomic E-state index is 0.153. The third kappa shape index (κ3) is 5.06. The lowest BCUT2D eigenvalue weighted by atomic mass is 9.82. The average molecular weight is 360 g/mol. The van der Waals surface area contributed by atoms with Gasteiger partial charge in [-0.25, -0.2) is 0 Å². The van der Waals surface area contributed by atoms with Gasteiger partial charge >= 0.3 is 0 Å². The molecule has 0 spiro atoms. The van der Waals surface area contributed by atoms with Gasteiger partial charge in [0, 0.05) is 64.9 Å². The molecule has 2 aliphatic heterocycles. The van der Waals surface area contributed by atoms with Crippen LogP contribution in [0.4, 0.5) is 0 Å². The molecule has 0 aromatic heterocycles. The van der Waals surface area contributed by atoms with Gasteiger partial charge in [-0.2, -0.15) is 0 Å². The number of nitrogens with zero attached hydrogens (tertiary/aromatic N) is 2. The molecule has 0 atom stereocenters. The first-order valence-electron chi connectivity index (χ1n) is 10.0. The number of carbonyl (C=O) groups excluding carboxylic acids is 1. The highest BCUT2D eigenvalue weighted by molar-refractivity contribution is 5.75. The van der Waals surface area contributed by atoms with Crippen LogP contribution < -0.4 is 5.32 Å². The lowest BCUT2D eigenvalue weighted by molar-refractivity contribution is -0.121. The summed E-state index contributed by atoms with van der Waals surface area (Å²) in [6, 6.07) is 10.7. The van der Waals surface area contributed by atoms with Crippen LogP contribution in [0.15, 0.2) is 30.3 Å². The van der Waals surface area contributed by atoms with Gasteiger partial charge in [-0.1, -0.05) is 30.3 Å². The average Bonchev–Trinajstić information content (AvgIpc) is 2.70. The summed E-state index contributed by atoms with van der Waals surface area (Å²) in [7, 11) is 1.72. The Labute approximate surface area is 157 Å². The number of rotatable bonds is 7. The van der Waals surface area contributed by atoms with Crippen LogP contribution in [-0.2, 0) is 16.1 Å². The van der Waals surface area contributed by atoms with E-state index in [0.29, 0.717) is 6.42 Å². The predicted octanol–water partition coefficient (Wildman–Crippen LogP) is 2.27. The highest BCUT2D eigenvalue weighted by atomic mass is 16.5. The van der Waals surface area contributed by atoms with E-state index < -0.39 is 0 Å². The summed E-state index contributed by atoms with van der Waals surface area (Å²) >= 11 is 0. The molecule has 2 fully saturated rings. The highest BCUT2D eigenvalue weighted by Gasteiger charge is 2.39. The fraction of sp³-hybridized carbons (Fsp3) is 0.667. The molecular weight excluding hydrogens is 326 g/mol. The SMILES string of the molecule is CNC(=O)CCCC1(N2CCN(Cc3ccccc3)CC2)CCOCC1. The first kappa shape index (κ1) is 19.3. The van der Waals surface area contributed by atoms with Gasteiger partial charge in [0.25, 0.3) is 0 Å². The summed E-state index contributed by atoms with van der Waals surface area (Å²) in [5, 5.41) is 2.74. The lowest BCUT2D eigenvalue weighted by Gasteiger charge is -2.50. The summed E-state index contributed by atoms with van der Waals surface area (Å²) < 4.78 is 5.65. The summed E-state index contributed by atoms with van der Waals surface area (Å²) in [5.74, 6) is 0.153. The molecule has 1 N–H and O–H groups in total. The second-order valence-corrected chi connectivity index (χ2v) is 7.61. The highest BCUT2D eigenvalue weighted by Crippen LogP contribution is 2.34. The van der Waals surface area contributed by atoms with Gasteiger partial charge < -0.3 is 10.1 Å². The number of nitrogens with one attached hydrogen (secondary N) is 1. The minimum atomic E-state index is 0.153. The fourth-order valence-electron chi connectivity index (χ4n) is 4.40. The van der Waals surface area contributed by atoms with Crippen molar-refractivity contribution < 1.29 is 9.53 Å². The van der Waals surface area contributed by atoms with Crippen LogP contribution in [0.1, 0.15) is 37.7 Å². The lowest BCUT2D eigenvalue weighted by Crippen LogP contribution is -2.58. The van der Waals surface area contributed by atoms with Crippen molar-refractivity contribution in [2.24, 2.45) is 0 Å². The Bertz CT molecular complexity index is 550. The fourth-order valence-corrected chi connectivity index (χ4v) is 4.40. The van der Waals surface area contributed by atoms with Crippen molar-refractivity contribution in [3.05, 3.63) is 35.9 Å². The third-order valence-electron chi connectivity index (χ3n) is 6.04. The van der Waals surface area contributed by atoms with Gasteiger partial charge in [-0.05, 0) is 31.2 Å². The van der Waals surface area contributed by atoms with Crippen molar-refractivity contribution in [2.75, 3.05) is 46.4 Å². The quantitative estimate of drug-likeness (QED) is 0.811. The van der Waals surface area contributed by atoms with Crippen LogP contribution in [0.3, 0.4) is 0 Å². The zero-order valence-corrected chi connectivity index (χ0v) is 16.1. The summed E-state index contributed by atoms with van der Waals surface area (Å²) in [6.45, 7) is 7.22. The normalized spacial score (nSPS) is 21.4. The summed E-state index contributed by atoms with van der Waals surface area (Å²) in [6.07, 6.45) is 4.89. The molecule has 1 aromatic carbocycles. The van der Waals surface area contributed by atoms with E-state index in [1.807, 2.05) is 0 Å². The van der Waals surface area contributed by atoms with E-state index >= 15 is 0 Å². The monoisotopic (exact) mass is 359 g/mol. The molecule has 5 heteroatoms. The maximum absolute atomic E-state index is 11.6. The zero-order valence-electron chi connectivity index (χ0n) is 16.1. The predicted molar refractivity (Wildman–Crippen MR) is 104 cm³/mol. The first-order valence-corrected chi connectivity index (χ1v) is 10.0. The van der Waals surface area contributed by atoms with E-state index in [-0.39, 0.29) is 11.4 Å². The molecule has 1 aromatic rings. The van der Waals surface area contributed by atoms with Crippen LogP contribution in [0.2, 0.25) is 0 Å². The molecule has 26 heavy (non-hydrogen) atoms. The molecule has 144 valence electrons. The summed E-state index contributed by atoms with van der Waals surface area (Å²) in [4.78, 5) is 16.8. The molecule has 0 radical (unpaired) electrons. The van der Waals surface area contributed by atoms with E-state index in [9.17, 15) is 4.79 Å². The maximum atomic E-state index is 11.6. The molecule has 0 unspecified atom stereocenters. The number of hydrogen-bond donors (Lipinski definition) is 1. The van der Waals surface area contributed by atoms with Gasteiger partial charge in [0.2, 0.25) is 5.91 Å². The maximum Gasteiger partial charge on any atom is 0.219 e. The Morgan fingerprint density at radius 1 is 1.12 bits per heavy atom. The standard InChI is InChI=1S/C21H33N3O2/c1-22-20(25)8-5-9-21(10-16-26-17-11-21)24-14-12-23(13-15-24)18-19-6-3-2-4-7-19/h2-4,6-7H,5,8-18H2,1H3,(H,22,25). The second kappa shape index (κ2) is 9.49. The van der Waals surface area contributed by atoms with Crippen LogP contribution in [0.25, 0.3) is 0 Å². The third-order valence-corrected chi connectivity index (χ3v) is 6.04. The number of amides is 1. The molecule has 2 heterocycles. The van der Waals surface area contributed by atoms with Crippen molar-refractivity contribution in [2.45, 2.75) is 44.2 Å². The van der Waals surface area contributed by atoms with Gasteiger partial charge in [-0.3, -0.25) is 14.6 Å². The minimum Gasteiger partial charge on any atom is -0.381 e. The van der Waals surface area contributed by atoms with E-state index in [1.165, 1.54) is 5.56 Å². The van der Waals surface area contributed by atoms with Crippen LogP contribution >= 0.6 is 0 Å². The Hall–Kier alpha value is -1.43. The number of benzene rings is 1. The zero-order chi connectivity index (χ0) is 18.2. The van der Waals surface area contributed by atoms with Crippen LogP contribution in [0, 0.1) is 0 Å². The Kier molecular flexibility index (Phi) is 7.06. The smallest absolute Gasteiger partial charge is 0.219 e. The molecule has 3 rings (SSSR count). The van der Waals surface area contributed by atoms with E-state index in [1.54, 1.807) is 7.05 Å². The number of ether oxygens (including phenoxy) is 1. The molecular formula is C21H33N3O2. The Morgan fingerprint density at radius 3 is 2.46 bits per heavy atom. The molecule has 0 saturated carbocycles. The first-order chi connectivity index (χ1) is 12.7. The van der Waals surface area contributed by atoms with Crippen molar-refractivity contribution >= 4 is 5.91 Å². The van der Waals surface area contributed by atoms with Crippen molar-refractivity contribution in [3.63, 3.8) is 0 Å². The van der Waals surface area contributed by atoms with Gasteiger partial charge in [-0.15, -0.1) is 0 Å². The van der Waals surface area contributed by atoms with Gasteiger partial charge in [0.1, 0.15) is 0 Å². The molecule has 0 bridgehead atoms. The summed E-state index contributed by atoms with van der Waals surface area (Å²) in [5.41, 5.74) is 1.62. The number of carbonyl (C=O) groups is 1. The molecule has 0 aliphatic carbocycles. The van der Waals surface area contributed by atoms with Gasteiger partial charge in [0.05, 0.1) is 0 Å². The van der Waals surface area contributed by atoms with Crippen LogP contribution in [0.5, 0.6) is 0 Å². The molecule has 2 saturated heterocycles. The molecule has 1 amide bonds. The van der Waals surface area contributed by atoms with E-state index in [2.05, 4.69) is 45.4 Å². The van der Waals surface area contributed by atoms with E-state index in [0.717, 1.165) is 71.6 Å². The van der Waals surface area contributed by atoms with Crippen molar-refractivity contribution in [1.29, 1.82) is 0 Å². The Morgan fingerprint density at radius 2 is 1.81 bits per heavy atom. The van der Waals surface area contributed by atoms with Crippen molar-refractivity contribution in [3.8, 4) is 0 Å². The Balaban J connectivity index is 1.54. The largest absolute Gasteiger partial charge is 0.381 e. The van der Waals surface area contributed by atoms with Gasteiger partial charge in [0.15, 0.2) is 0 Å². The topological polar surface area (TPSA) is 44.8 Å². The number of piperazine rings is 1. The number of hydrogen-bond acceptors (Lipinski definition) is 4. The molecule has 5 nitrogen and oxygen atoms in total.